The van der Waals surface area contributed by atoms with E-state index in [1.807, 2.05) is 0 Å². The number of likely N-dealkylation sites (N-methyl/N-ethyl adjacent to an activating group) is 1. The van der Waals surface area contributed by atoms with Crippen molar-refractivity contribution >= 4 is 0 Å². The summed E-state index contributed by atoms with van der Waals surface area (Å²) in [5, 5.41) is 3.49. The zero-order valence-electron chi connectivity index (χ0n) is 9.58. The van der Waals surface area contributed by atoms with Crippen LogP contribution in [-0.2, 0) is 6.42 Å². The van der Waals surface area contributed by atoms with Gasteiger partial charge < -0.3 is 5.32 Å². The molecule has 0 amide bonds. The predicted molar refractivity (Wildman–Crippen MR) is 65.0 cm³/mol. The zero-order valence-corrected chi connectivity index (χ0v) is 9.58. The summed E-state index contributed by atoms with van der Waals surface area (Å²) >= 11 is 0. The van der Waals surface area contributed by atoms with Gasteiger partial charge in [-0.1, -0.05) is 43.2 Å². The molecule has 15 heavy (non-hydrogen) atoms. The Bertz CT molecular complexity index is 275. The minimum atomic E-state index is 0.676. The maximum atomic E-state index is 3.49. The van der Waals surface area contributed by atoms with E-state index in [4.69, 9.17) is 0 Å². The van der Waals surface area contributed by atoms with Gasteiger partial charge in [-0.2, -0.15) is 0 Å². The van der Waals surface area contributed by atoms with Crippen LogP contribution in [0.15, 0.2) is 30.3 Å². The maximum absolute atomic E-state index is 3.49. The summed E-state index contributed by atoms with van der Waals surface area (Å²) in [6.45, 7) is 0. The highest BCUT2D eigenvalue weighted by molar-refractivity contribution is 5.16. The number of hydrogen-bond acceptors (Lipinski definition) is 1. The Morgan fingerprint density at radius 3 is 2.47 bits per heavy atom. The average molecular weight is 203 g/mol. The molecular weight excluding hydrogens is 182 g/mol. The molecule has 0 heterocycles. The molecule has 1 fully saturated rings. The molecule has 2 rings (SSSR count). The smallest absolute Gasteiger partial charge is 0.0133 e. The topological polar surface area (TPSA) is 12.0 Å². The van der Waals surface area contributed by atoms with Crippen molar-refractivity contribution in [2.75, 3.05) is 7.05 Å². The molecule has 1 N–H and O–H groups in total. The van der Waals surface area contributed by atoms with Gasteiger partial charge >= 0.3 is 0 Å². The van der Waals surface area contributed by atoms with Gasteiger partial charge in [0.2, 0.25) is 0 Å². The van der Waals surface area contributed by atoms with Crippen LogP contribution >= 0.6 is 0 Å². The third kappa shape index (κ3) is 2.82. The van der Waals surface area contributed by atoms with E-state index in [1.165, 1.54) is 37.7 Å². The number of benzene rings is 1. The molecular formula is C14H21N. The van der Waals surface area contributed by atoms with Gasteiger partial charge in [0.15, 0.2) is 0 Å². The molecule has 1 nitrogen and oxygen atoms in total. The summed E-state index contributed by atoms with van der Waals surface area (Å²) in [7, 11) is 2.10. The summed E-state index contributed by atoms with van der Waals surface area (Å²) < 4.78 is 0. The lowest BCUT2D eigenvalue weighted by atomic mass is 9.92. The average Bonchev–Trinajstić information content (AvgIpc) is 2.81. The highest BCUT2D eigenvalue weighted by Crippen LogP contribution is 2.28. The Balaban J connectivity index is 1.96. The van der Waals surface area contributed by atoms with Gasteiger partial charge in [-0.25, -0.2) is 0 Å². The fourth-order valence-corrected chi connectivity index (χ4v) is 2.73. The molecule has 1 heteroatoms. The molecule has 0 aromatic heterocycles. The first-order valence-electron chi connectivity index (χ1n) is 6.11. The van der Waals surface area contributed by atoms with Crippen molar-refractivity contribution in [1.29, 1.82) is 0 Å². The van der Waals surface area contributed by atoms with Crippen molar-refractivity contribution in [1.82, 2.24) is 5.32 Å². The molecule has 1 saturated carbocycles. The van der Waals surface area contributed by atoms with Crippen molar-refractivity contribution in [2.45, 2.75) is 38.1 Å². The normalized spacial score (nSPS) is 19.3. The van der Waals surface area contributed by atoms with Gasteiger partial charge in [0.05, 0.1) is 0 Å². The maximum Gasteiger partial charge on any atom is 0.0133 e. The van der Waals surface area contributed by atoms with E-state index in [2.05, 4.69) is 42.7 Å². The third-order valence-corrected chi connectivity index (χ3v) is 3.64. The van der Waals surface area contributed by atoms with E-state index in [0.717, 1.165) is 5.92 Å². The molecule has 1 aromatic carbocycles. The molecule has 0 bridgehead atoms. The minimum Gasteiger partial charge on any atom is -0.316 e. The Hall–Kier alpha value is -0.820. The molecule has 0 saturated heterocycles. The van der Waals surface area contributed by atoms with E-state index in [0.29, 0.717) is 6.04 Å². The SMILES string of the molecule is CNC(Cc1ccccc1)C1CCCC1. The van der Waals surface area contributed by atoms with Crippen LogP contribution in [-0.4, -0.2) is 13.1 Å². The van der Waals surface area contributed by atoms with Gasteiger partial charge in [-0.05, 0) is 37.8 Å². The van der Waals surface area contributed by atoms with E-state index in [9.17, 15) is 0 Å². The fraction of sp³-hybridized carbons (Fsp3) is 0.571. The largest absolute Gasteiger partial charge is 0.316 e. The van der Waals surface area contributed by atoms with Crippen LogP contribution in [0.1, 0.15) is 31.2 Å². The first-order valence-corrected chi connectivity index (χ1v) is 6.11. The predicted octanol–water partition coefficient (Wildman–Crippen LogP) is 3.01. The van der Waals surface area contributed by atoms with E-state index in [-0.39, 0.29) is 0 Å². The van der Waals surface area contributed by atoms with Crippen molar-refractivity contribution < 1.29 is 0 Å². The molecule has 1 unspecified atom stereocenters. The standard InChI is InChI=1S/C14H21N/c1-15-14(13-9-5-6-10-13)11-12-7-3-2-4-8-12/h2-4,7-8,13-15H,5-6,9-11H2,1H3. The van der Waals surface area contributed by atoms with Crippen LogP contribution in [0.4, 0.5) is 0 Å². The van der Waals surface area contributed by atoms with Gasteiger partial charge in [0, 0.05) is 6.04 Å². The third-order valence-electron chi connectivity index (χ3n) is 3.64. The summed E-state index contributed by atoms with van der Waals surface area (Å²) in [5.41, 5.74) is 1.46. The summed E-state index contributed by atoms with van der Waals surface area (Å²) in [5.74, 6) is 0.898. The summed E-state index contributed by atoms with van der Waals surface area (Å²) in [6, 6.07) is 11.5. The minimum absolute atomic E-state index is 0.676. The highest BCUT2D eigenvalue weighted by Gasteiger charge is 2.23. The summed E-state index contributed by atoms with van der Waals surface area (Å²) in [4.78, 5) is 0. The molecule has 0 radical (unpaired) electrons. The van der Waals surface area contributed by atoms with Gasteiger partial charge in [-0.3, -0.25) is 0 Å². The Labute approximate surface area is 92.9 Å². The molecule has 1 aliphatic rings. The Kier molecular flexibility index (Phi) is 3.79. The number of hydrogen-bond donors (Lipinski definition) is 1. The van der Waals surface area contributed by atoms with Crippen molar-refractivity contribution in [3.05, 3.63) is 35.9 Å². The quantitative estimate of drug-likeness (QED) is 0.793. The molecule has 0 aliphatic heterocycles. The second-order valence-corrected chi connectivity index (χ2v) is 4.63. The van der Waals surface area contributed by atoms with Gasteiger partial charge in [0.25, 0.3) is 0 Å². The molecule has 0 spiro atoms. The van der Waals surface area contributed by atoms with Crippen LogP contribution in [0.5, 0.6) is 0 Å². The highest BCUT2D eigenvalue weighted by atomic mass is 14.9. The van der Waals surface area contributed by atoms with E-state index >= 15 is 0 Å². The van der Waals surface area contributed by atoms with E-state index < -0.39 is 0 Å². The first kappa shape index (κ1) is 10.7. The van der Waals surface area contributed by atoms with E-state index in [1.54, 1.807) is 0 Å². The lowest BCUT2D eigenvalue weighted by Gasteiger charge is -2.22. The number of nitrogens with one attached hydrogen (secondary N) is 1. The zero-order chi connectivity index (χ0) is 10.5. The molecule has 1 aromatic rings. The van der Waals surface area contributed by atoms with Crippen LogP contribution in [0, 0.1) is 5.92 Å². The van der Waals surface area contributed by atoms with Crippen LogP contribution in [0.2, 0.25) is 0 Å². The van der Waals surface area contributed by atoms with Crippen molar-refractivity contribution in [3.63, 3.8) is 0 Å². The van der Waals surface area contributed by atoms with Crippen molar-refractivity contribution in [2.24, 2.45) is 5.92 Å². The van der Waals surface area contributed by atoms with Crippen LogP contribution in [0.3, 0.4) is 0 Å². The molecule has 1 aliphatic carbocycles. The fourth-order valence-electron chi connectivity index (χ4n) is 2.73. The second-order valence-electron chi connectivity index (χ2n) is 4.63. The van der Waals surface area contributed by atoms with Crippen LogP contribution < -0.4 is 5.32 Å². The first-order chi connectivity index (χ1) is 7.40. The van der Waals surface area contributed by atoms with Gasteiger partial charge in [-0.15, -0.1) is 0 Å². The van der Waals surface area contributed by atoms with Crippen LogP contribution in [0.25, 0.3) is 0 Å². The molecule has 1 atom stereocenters. The monoisotopic (exact) mass is 203 g/mol. The number of rotatable bonds is 4. The Morgan fingerprint density at radius 1 is 1.20 bits per heavy atom. The lowest BCUT2D eigenvalue weighted by Crippen LogP contribution is -2.34. The van der Waals surface area contributed by atoms with Crippen molar-refractivity contribution in [3.8, 4) is 0 Å². The lowest BCUT2D eigenvalue weighted by molar-refractivity contribution is 0.377. The molecule has 82 valence electrons. The summed E-state index contributed by atoms with van der Waals surface area (Å²) in [6.07, 6.45) is 6.87. The van der Waals surface area contributed by atoms with Gasteiger partial charge in [0.1, 0.15) is 0 Å². The Morgan fingerprint density at radius 2 is 1.87 bits per heavy atom. The second kappa shape index (κ2) is 5.32.